The first-order chi connectivity index (χ1) is 8.13. The molecule has 0 radical (unpaired) electrons. The normalized spacial score (nSPS) is 9.41. The number of nitrogen functional groups attached to an aromatic ring is 1. The van der Waals surface area contributed by atoms with E-state index in [-0.39, 0.29) is 5.97 Å². The molecule has 0 fully saturated rings. The van der Waals surface area contributed by atoms with Crippen LogP contribution < -0.4 is 11.1 Å². The summed E-state index contributed by atoms with van der Waals surface area (Å²) in [5.41, 5.74) is 7.62. The summed E-state index contributed by atoms with van der Waals surface area (Å²) in [5, 5.41) is 11.8. The van der Waals surface area contributed by atoms with Crippen molar-refractivity contribution in [3.8, 4) is 6.07 Å². The number of carbonyl (C=O) groups is 1. The summed E-state index contributed by atoms with van der Waals surface area (Å²) in [6, 6.07) is 7.10. The summed E-state index contributed by atoms with van der Waals surface area (Å²) in [6.07, 6.45) is 0.707. The number of nitrogens with one attached hydrogen (secondary N) is 1. The van der Waals surface area contributed by atoms with Crippen molar-refractivity contribution in [2.45, 2.75) is 13.3 Å². The highest BCUT2D eigenvalue weighted by atomic mass is 16.5. The van der Waals surface area contributed by atoms with Crippen LogP contribution in [0.2, 0.25) is 0 Å². The van der Waals surface area contributed by atoms with Crippen molar-refractivity contribution >= 4 is 17.3 Å². The van der Waals surface area contributed by atoms with Crippen molar-refractivity contribution in [1.82, 2.24) is 0 Å². The van der Waals surface area contributed by atoms with E-state index < -0.39 is 0 Å². The molecule has 0 aliphatic carbocycles. The summed E-state index contributed by atoms with van der Waals surface area (Å²) < 4.78 is 4.79. The minimum Gasteiger partial charge on any atom is -0.466 e. The second kappa shape index (κ2) is 6.38. The van der Waals surface area contributed by atoms with Crippen molar-refractivity contribution in [3.05, 3.63) is 23.8 Å². The van der Waals surface area contributed by atoms with Gasteiger partial charge in [0.15, 0.2) is 0 Å². The van der Waals surface area contributed by atoms with Crippen molar-refractivity contribution < 1.29 is 9.53 Å². The average Bonchev–Trinajstić information content (AvgIpc) is 2.30. The summed E-state index contributed by atoms with van der Waals surface area (Å²) in [4.78, 5) is 10.5. The van der Waals surface area contributed by atoms with E-state index in [9.17, 15) is 4.79 Å². The third-order valence-electron chi connectivity index (χ3n) is 2.12. The second-order valence-corrected chi connectivity index (χ2v) is 3.53. The molecule has 0 unspecified atom stereocenters. The first-order valence-electron chi connectivity index (χ1n) is 5.30. The first-order valence-corrected chi connectivity index (χ1v) is 5.30. The molecule has 0 atom stereocenters. The van der Waals surface area contributed by atoms with Crippen LogP contribution in [0, 0.1) is 11.3 Å². The van der Waals surface area contributed by atoms with Gasteiger partial charge in [0.05, 0.1) is 29.6 Å². The van der Waals surface area contributed by atoms with Gasteiger partial charge in [0.2, 0.25) is 0 Å². The molecule has 0 aliphatic heterocycles. The lowest BCUT2D eigenvalue weighted by atomic mass is 10.2. The molecule has 90 valence electrons. The lowest BCUT2D eigenvalue weighted by Gasteiger charge is -2.09. The summed E-state index contributed by atoms with van der Waals surface area (Å²) in [5.74, 6) is -0.275. The van der Waals surface area contributed by atoms with Crippen LogP contribution in [0.3, 0.4) is 0 Å². The maximum atomic E-state index is 10.5. The van der Waals surface area contributed by atoms with E-state index in [1.165, 1.54) is 6.92 Å². The number of hydrogen-bond donors (Lipinski definition) is 2. The lowest BCUT2D eigenvalue weighted by molar-refractivity contribution is -0.140. The zero-order chi connectivity index (χ0) is 12.7. The number of nitriles is 1. The van der Waals surface area contributed by atoms with Crippen LogP contribution >= 0.6 is 0 Å². The Hall–Kier alpha value is -2.22. The maximum Gasteiger partial charge on any atom is 0.302 e. The van der Waals surface area contributed by atoms with Gasteiger partial charge in [-0.15, -0.1) is 0 Å². The molecule has 5 nitrogen and oxygen atoms in total. The lowest BCUT2D eigenvalue weighted by Crippen LogP contribution is -2.09. The average molecular weight is 233 g/mol. The van der Waals surface area contributed by atoms with Gasteiger partial charge in [0.25, 0.3) is 0 Å². The number of anilines is 2. The Labute approximate surface area is 100 Å². The Morgan fingerprint density at radius 1 is 1.59 bits per heavy atom. The van der Waals surface area contributed by atoms with Crippen LogP contribution in [0.15, 0.2) is 18.2 Å². The van der Waals surface area contributed by atoms with Crippen LogP contribution in [0.4, 0.5) is 11.4 Å². The van der Waals surface area contributed by atoms with Gasteiger partial charge in [-0.3, -0.25) is 4.79 Å². The molecule has 0 saturated carbocycles. The Bertz CT molecular complexity index is 438. The van der Waals surface area contributed by atoms with E-state index in [0.717, 1.165) is 5.69 Å². The maximum absolute atomic E-state index is 10.5. The fraction of sp³-hybridized carbons (Fsp3) is 0.333. The van der Waals surface area contributed by atoms with E-state index in [2.05, 4.69) is 5.32 Å². The van der Waals surface area contributed by atoms with Crippen LogP contribution in [-0.4, -0.2) is 19.1 Å². The summed E-state index contributed by atoms with van der Waals surface area (Å²) >= 11 is 0. The largest absolute Gasteiger partial charge is 0.466 e. The van der Waals surface area contributed by atoms with Crippen molar-refractivity contribution in [3.63, 3.8) is 0 Å². The molecule has 3 N–H and O–H groups in total. The Morgan fingerprint density at radius 2 is 2.35 bits per heavy atom. The van der Waals surface area contributed by atoms with Crippen LogP contribution in [0.1, 0.15) is 18.9 Å². The molecule has 0 amide bonds. The molecule has 0 aromatic heterocycles. The standard InChI is InChI=1S/C12H15N3O2/c1-9(16)17-6-2-5-15-12-4-3-10(8-13)7-11(12)14/h3-4,7,15H,2,5-6,14H2,1H3. The van der Waals surface area contributed by atoms with Crippen LogP contribution in [0.5, 0.6) is 0 Å². The van der Waals surface area contributed by atoms with Crippen molar-refractivity contribution in [1.29, 1.82) is 5.26 Å². The topological polar surface area (TPSA) is 88.1 Å². The Kier molecular flexibility index (Phi) is 4.82. The third-order valence-corrected chi connectivity index (χ3v) is 2.12. The van der Waals surface area contributed by atoms with Gasteiger partial charge in [-0.1, -0.05) is 0 Å². The molecule has 1 aromatic rings. The molecule has 1 rings (SSSR count). The quantitative estimate of drug-likeness (QED) is 0.457. The minimum absolute atomic E-state index is 0.275. The molecule has 1 aromatic carbocycles. The number of ether oxygens (including phenoxy) is 1. The van der Waals surface area contributed by atoms with E-state index in [4.69, 9.17) is 15.7 Å². The number of nitrogens with zero attached hydrogens (tertiary/aromatic N) is 1. The van der Waals surface area contributed by atoms with Gasteiger partial charge < -0.3 is 15.8 Å². The molecular weight excluding hydrogens is 218 g/mol. The van der Waals surface area contributed by atoms with Gasteiger partial charge in [-0.25, -0.2) is 0 Å². The zero-order valence-corrected chi connectivity index (χ0v) is 9.69. The van der Waals surface area contributed by atoms with Gasteiger partial charge in [0.1, 0.15) is 0 Å². The smallest absolute Gasteiger partial charge is 0.302 e. The molecule has 5 heteroatoms. The number of carbonyl (C=O) groups excluding carboxylic acids is 1. The highest BCUT2D eigenvalue weighted by Crippen LogP contribution is 2.19. The van der Waals surface area contributed by atoms with Crippen molar-refractivity contribution in [2.24, 2.45) is 0 Å². The summed E-state index contributed by atoms with van der Waals surface area (Å²) in [7, 11) is 0. The predicted octanol–water partition coefficient (Wildman–Crippen LogP) is 1.51. The molecule has 0 bridgehead atoms. The van der Waals surface area contributed by atoms with E-state index in [0.29, 0.717) is 30.8 Å². The number of rotatable bonds is 5. The molecule has 0 saturated heterocycles. The number of esters is 1. The molecule has 17 heavy (non-hydrogen) atoms. The van der Waals surface area contributed by atoms with Gasteiger partial charge >= 0.3 is 5.97 Å². The van der Waals surface area contributed by atoms with Crippen LogP contribution in [0.25, 0.3) is 0 Å². The molecule has 0 heterocycles. The third kappa shape index (κ3) is 4.43. The first kappa shape index (κ1) is 12.8. The second-order valence-electron chi connectivity index (χ2n) is 3.53. The van der Waals surface area contributed by atoms with Gasteiger partial charge in [-0.05, 0) is 24.6 Å². The SMILES string of the molecule is CC(=O)OCCCNc1ccc(C#N)cc1N. The number of hydrogen-bond acceptors (Lipinski definition) is 5. The minimum atomic E-state index is -0.275. The highest BCUT2D eigenvalue weighted by Gasteiger charge is 2.00. The van der Waals surface area contributed by atoms with Crippen LogP contribution in [-0.2, 0) is 9.53 Å². The molecule has 0 aliphatic rings. The zero-order valence-electron chi connectivity index (χ0n) is 9.69. The fourth-order valence-electron chi connectivity index (χ4n) is 1.30. The molecule has 0 spiro atoms. The highest BCUT2D eigenvalue weighted by molar-refractivity contribution is 5.68. The summed E-state index contributed by atoms with van der Waals surface area (Å²) in [6.45, 7) is 2.42. The monoisotopic (exact) mass is 233 g/mol. The number of nitrogens with two attached hydrogens (primary N) is 1. The Morgan fingerprint density at radius 3 is 2.94 bits per heavy atom. The van der Waals surface area contributed by atoms with Gasteiger partial charge in [0, 0.05) is 13.5 Å². The number of benzene rings is 1. The fourth-order valence-corrected chi connectivity index (χ4v) is 1.30. The van der Waals surface area contributed by atoms with E-state index in [1.807, 2.05) is 6.07 Å². The van der Waals surface area contributed by atoms with E-state index in [1.54, 1.807) is 18.2 Å². The molecular formula is C12H15N3O2. The van der Waals surface area contributed by atoms with Gasteiger partial charge in [-0.2, -0.15) is 5.26 Å². The van der Waals surface area contributed by atoms with Crippen molar-refractivity contribution in [2.75, 3.05) is 24.2 Å². The van der Waals surface area contributed by atoms with E-state index >= 15 is 0 Å². The Balaban J connectivity index is 2.37. The predicted molar refractivity (Wildman–Crippen MR) is 65.3 cm³/mol.